The van der Waals surface area contributed by atoms with E-state index in [0.717, 1.165) is 10.6 Å². The SMILES string of the molecule is CC(C)(C)C(=O)Nc1ncc(-c2csc(Nc3cc(Cl)ccc3O)n2)s1. The summed E-state index contributed by atoms with van der Waals surface area (Å²) in [5.74, 6) is 0.00610. The maximum atomic E-state index is 12.0. The largest absolute Gasteiger partial charge is 0.506 e. The van der Waals surface area contributed by atoms with Crippen LogP contribution in [0.3, 0.4) is 0 Å². The first-order valence-corrected chi connectivity index (χ1v) is 9.78. The monoisotopic (exact) mass is 408 g/mol. The molecule has 0 saturated carbocycles. The van der Waals surface area contributed by atoms with Gasteiger partial charge in [-0.05, 0) is 18.2 Å². The smallest absolute Gasteiger partial charge is 0.231 e. The molecule has 3 N–H and O–H groups in total. The van der Waals surface area contributed by atoms with Crippen molar-refractivity contribution in [1.82, 2.24) is 9.97 Å². The number of nitrogens with zero attached hydrogens (tertiary/aromatic N) is 2. The highest BCUT2D eigenvalue weighted by atomic mass is 35.5. The Kier molecular flexibility index (Phi) is 5.17. The van der Waals surface area contributed by atoms with E-state index in [1.165, 1.54) is 28.7 Å². The molecule has 2 aromatic heterocycles. The number of benzene rings is 1. The molecule has 0 aliphatic rings. The number of phenols is 1. The number of amides is 1. The fraction of sp³-hybridized carbons (Fsp3) is 0.235. The number of rotatable bonds is 4. The number of phenolic OH excluding ortho intramolecular Hbond substituents is 1. The molecule has 3 rings (SSSR count). The van der Waals surface area contributed by atoms with Crippen molar-refractivity contribution in [2.45, 2.75) is 20.8 Å². The first-order valence-electron chi connectivity index (χ1n) is 7.71. The van der Waals surface area contributed by atoms with E-state index in [2.05, 4.69) is 20.6 Å². The molecular weight excluding hydrogens is 392 g/mol. The number of carbonyl (C=O) groups is 1. The zero-order chi connectivity index (χ0) is 18.9. The van der Waals surface area contributed by atoms with Gasteiger partial charge in [-0.3, -0.25) is 4.79 Å². The van der Waals surface area contributed by atoms with Gasteiger partial charge >= 0.3 is 0 Å². The van der Waals surface area contributed by atoms with E-state index in [9.17, 15) is 9.90 Å². The molecule has 26 heavy (non-hydrogen) atoms. The first kappa shape index (κ1) is 18.6. The third-order valence-corrected chi connectivity index (χ3v) is 5.29. The van der Waals surface area contributed by atoms with E-state index in [1.54, 1.807) is 18.3 Å². The van der Waals surface area contributed by atoms with E-state index in [0.29, 0.717) is 21.0 Å². The summed E-state index contributed by atoms with van der Waals surface area (Å²) in [6.07, 6.45) is 1.68. The lowest BCUT2D eigenvalue weighted by Gasteiger charge is -2.15. The number of anilines is 3. The lowest BCUT2D eigenvalue weighted by Crippen LogP contribution is -2.27. The molecule has 0 atom stereocenters. The van der Waals surface area contributed by atoms with Gasteiger partial charge in [-0.1, -0.05) is 43.7 Å². The van der Waals surface area contributed by atoms with Crippen LogP contribution in [-0.4, -0.2) is 21.0 Å². The minimum Gasteiger partial charge on any atom is -0.506 e. The number of halogens is 1. The molecule has 6 nitrogen and oxygen atoms in total. The van der Waals surface area contributed by atoms with E-state index >= 15 is 0 Å². The standard InChI is InChI=1S/C17H17ClN4O2S2/c1-17(2,3)14(24)22-15-19-7-13(26-15)11-8-25-16(21-11)20-10-6-9(18)4-5-12(10)23/h4-8,23H,1-3H3,(H,20,21)(H,19,22,24). The molecule has 0 aliphatic carbocycles. The summed E-state index contributed by atoms with van der Waals surface area (Å²) in [4.78, 5) is 21.6. The van der Waals surface area contributed by atoms with E-state index in [4.69, 9.17) is 11.6 Å². The molecule has 0 aliphatic heterocycles. The van der Waals surface area contributed by atoms with Crippen LogP contribution in [0.5, 0.6) is 5.75 Å². The third-order valence-electron chi connectivity index (χ3n) is 3.36. The van der Waals surface area contributed by atoms with Gasteiger partial charge in [0, 0.05) is 22.0 Å². The summed E-state index contributed by atoms with van der Waals surface area (Å²) in [7, 11) is 0. The summed E-state index contributed by atoms with van der Waals surface area (Å²) in [5.41, 5.74) is 0.747. The van der Waals surface area contributed by atoms with Crippen LogP contribution in [0.15, 0.2) is 29.8 Å². The van der Waals surface area contributed by atoms with Gasteiger partial charge in [0.05, 0.1) is 16.3 Å². The first-order chi connectivity index (χ1) is 12.2. The Balaban J connectivity index is 1.74. The van der Waals surface area contributed by atoms with Crippen molar-refractivity contribution in [2.75, 3.05) is 10.6 Å². The van der Waals surface area contributed by atoms with Crippen molar-refractivity contribution in [3.8, 4) is 16.3 Å². The second-order valence-electron chi connectivity index (χ2n) is 6.56. The van der Waals surface area contributed by atoms with Gasteiger partial charge in [-0.25, -0.2) is 9.97 Å². The Morgan fingerprint density at radius 1 is 1.27 bits per heavy atom. The normalized spacial score (nSPS) is 11.4. The van der Waals surface area contributed by atoms with Crippen LogP contribution in [0.2, 0.25) is 5.02 Å². The van der Waals surface area contributed by atoms with Crippen LogP contribution in [0.25, 0.3) is 10.6 Å². The summed E-state index contributed by atoms with van der Waals surface area (Å²) in [6.45, 7) is 5.54. The van der Waals surface area contributed by atoms with Gasteiger partial charge in [0.25, 0.3) is 0 Å². The minimum atomic E-state index is -0.484. The van der Waals surface area contributed by atoms with Crippen molar-refractivity contribution in [3.05, 3.63) is 34.8 Å². The topological polar surface area (TPSA) is 87.1 Å². The molecule has 0 fully saturated rings. The minimum absolute atomic E-state index is 0.0875. The third kappa shape index (κ3) is 4.32. The summed E-state index contributed by atoms with van der Waals surface area (Å²) < 4.78 is 0. The quantitative estimate of drug-likeness (QED) is 0.506. The van der Waals surface area contributed by atoms with Crippen molar-refractivity contribution >= 4 is 56.1 Å². The predicted molar refractivity (Wildman–Crippen MR) is 108 cm³/mol. The molecule has 1 aromatic carbocycles. The lowest BCUT2D eigenvalue weighted by atomic mass is 9.96. The molecule has 0 bridgehead atoms. The number of hydrogen-bond donors (Lipinski definition) is 3. The molecule has 0 unspecified atom stereocenters. The van der Waals surface area contributed by atoms with Crippen LogP contribution >= 0.6 is 34.3 Å². The highest BCUT2D eigenvalue weighted by molar-refractivity contribution is 7.19. The Labute approximate surface area is 163 Å². The zero-order valence-electron chi connectivity index (χ0n) is 14.3. The van der Waals surface area contributed by atoms with Crippen molar-refractivity contribution in [1.29, 1.82) is 0 Å². The van der Waals surface area contributed by atoms with Gasteiger partial charge in [-0.2, -0.15) is 0 Å². The molecule has 1 amide bonds. The van der Waals surface area contributed by atoms with Crippen molar-refractivity contribution < 1.29 is 9.90 Å². The Morgan fingerprint density at radius 3 is 2.77 bits per heavy atom. The number of carbonyl (C=O) groups excluding carboxylic acids is 1. The van der Waals surface area contributed by atoms with Gasteiger partial charge in [0.15, 0.2) is 10.3 Å². The molecule has 0 spiro atoms. The molecule has 0 saturated heterocycles. The fourth-order valence-electron chi connectivity index (χ4n) is 1.90. The average molecular weight is 409 g/mol. The van der Waals surface area contributed by atoms with Crippen molar-refractivity contribution in [3.63, 3.8) is 0 Å². The highest BCUT2D eigenvalue weighted by Gasteiger charge is 2.22. The Bertz CT molecular complexity index is 946. The van der Waals surface area contributed by atoms with Gasteiger partial charge in [0.2, 0.25) is 5.91 Å². The van der Waals surface area contributed by atoms with Crippen molar-refractivity contribution in [2.24, 2.45) is 5.41 Å². The maximum absolute atomic E-state index is 12.0. The summed E-state index contributed by atoms with van der Waals surface area (Å²) >= 11 is 8.71. The summed E-state index contributed by atoms with van der Waals surface area (Å²) in [6, 6.07) is 4.76. The van der Waals surface area contributed by atoms with Crippen LogP contribution in [0.1, 0.15) is 20.8 Å². The van der Waals surface area contributed by atoms with E-state index in [1.807, 2.05) is 26.2 Å². The molecule has 2 heterocycles. The Hall–Kier alpha value is -2.16. The van der Waals surface area contributed by atoms with Gasteiger partial charge in [-0.15, -0.1) is 11.3 Å². The van der Waals surface area contributed by atoms with Crippen LogP contribution in [-0.2, 0) is 4.79 Å². The van der Waals surface area contributed by atoms with Crippen LogP contribution < -0.4 is 10.6 Å². The average Bonchev–Trinajstić information content (AvgIpc) is 3.19. The molecule has 3 aromatic rings. The number of hydrogen-bond acceptors (Lipinski definition) is 7. The highest BCUT2D eigenvalue weighted by Crippen LogP contribution is 2.35. The number of aromatic nitrogens is 2. The van der Waals surface area contributed by atoms with E-state index < -0.39 is 5.41 Å². The number of nitrogens with one attached hydrogen (secondary N) is 2. The second-order valence-corrected chi connectivity index (χ2v) is 8.88. The number of aromatic hydroxyl groups is 1. The molecule has 136 valence electrons. The molecular formula is C17H17ClN4O2S2. The predicted octanol–water partition coefficient (Wildman–Crippen LogP) is 5.35. The zero-order valence-corrected chi connectivity index (χ0v) is 16.7. The van der Waals surface area contributed by atoms with Crippen LogP contribution in [0.4, 0.5) is 16.0 Å². The molecule has 9 heteroatoms. The number of thiazole rings is 2. The lowest BCUT2D eigenvalue weighted by molar-refractivity contribution is -0.123. The van der Waals surface area contributed by atoms with Crippen LogP contribution in [0, 0.1) is 5.41 Å². The van der Waals surface area contributed by atoms with Gasteiger partial charge in [0.1, 0.15) is 5.75 Å². The van der Waals surface area contributed by atoms with E-state index in [-0.39, 0.29) is 11.7 Å². The fourth-order valence-corrected chi connectivity index (χ4v) is 3.64. The van der Waals surface area contributed by atoms with Gasteiger partial charge < -0.3 is 15.7 Å². The molecule has 0 radical (unpaired) electrons. The Morgan fingerprint density at radius 2 is 2.04 bits per heavy atom. The maximum Gasteiger partial charge on any atom is 0.231 e. The second kappa shape index (κ2) is 7.22. The summed E-state index contributed by atoms with van der Waals surface area (Å²) in [5, 5.41) is 19.3.